The molecule has 1 aliphatic rings. The molecule has 1 fully saturated rings. The molecule has 6 nitrogen and oxygen atoms in total. The van der Waals surface area contributed by atoms with Crippen LogP contribution in [0.5, 0.6) is 0 Å². The van der Waals surface area contributed by atoms with Crippen LogP contribution >= 0.6 is 0 Å². The summed E-state index contributed by atoms with van der Waals surface area (Å²) in [6.07, 6.45) is 2.96. The second kappa shape index (κ2) is 7.90. The van der Waals surface area contributed by atoms with E-state index in [2.05, 4.69) is 4.98 Å². The lowest BCUT2D eigenvalue weighted by atomic mass is 9.96. The summed E-state index contributed by atoms with van der Waals surface area (Å²) in [5, 5.41) is 0.545. The average molecular weight is 374 g/mol. The van der Waals surface area contributed by atoms with E-state index in [-0.39, 0.29) is 24.1 Å². The highest BCUT2D eigenvalue weighted by Crippen LogP contribution is 2.35. The normalized spacial score (nSPS) is 17.0. The van der Waals surface area contributed by atoms with Crippen LogP contribution in [0.4, 0.5) is 10.1 Å². The van der Waals surface area contributed by atoms with Gasteiger partial charge >= 0.3 is 11.9 Å². The number of carbonyl (C=O) groups is 2. The Kier molecular flexibility index (Phi) is 5.58. The van der Waals surface area contributed by atoms with Gasteiger partial charge in [-0.15, -0.1) is 0 Å². The monoisotopic (exact) mass is 374 g/mol. The van der Waals surface area contributed by atoms with Gasteiger partial charge in [-0.3, -0.25) is 9.78 Å². The van der Waals surface area contributed by atoms with Gasteiger partial charge in [0.05, 0.1) is 30.8 Å². The number of methoxy groups -OCH3 is 1. The molecule has 1 saturated heterocycles. The van der Waals surface area contributed by atoms with Crippen molar-refractivity contribution in [3.05, 3.63) is 35.3 Å². The number of hydrogen-bond donors (Lipinski definition) is 0. The Morgan fingerprint density at radius 3 is 2.85 bits per heavy atom. The van der Waals surface area contributed by atoms with Crippen molar-refractivity contribution in [3.8, 4) is 0 Å². The number of ether oxygens (including phenoxy) is 2. The highest BCUT2D eigenvalue weighted by molar-refractivity contribution is 6.06. The summed E-state index contributed by atoms with van der Waals surface area (Å²) in [4.78, 5) is 30.9. The van der Waals surface area contributed by atoms with Gasteiger partial charge in [-0.25, -0.2) is 9.18 Å². The molecule has 0 bridgehead atoms. The molecule has 0 aliphatic carbocycles. The lowest BCUT2D eigenvalue weighted by molar-refractivity contribution is -0.145. The minimum atomic E-state index is -0.510. The Bertz CT molecular complexity index is 884. The first kappa shape index (κ1) is 19.1. The van der Waals surface area contributed by atoms with Gasteiger partial charge in [0.25, 0.3) is 0 Å². The van der Waals surface area contributed by atoms with E-state index in [1.807, 2.05) is 4.90 Å². The van der Waals surface area contributed by atoms with E-state index in [0.717, 1.165) is 6.42 Å². The molecular weight excluding hydrogens is 351 g/mol. The zero-order valence-electron chi connectivity index (χ0n) is 15.8. The maximum atomic E-state index is 14.1. The second-order valence-electron chi connectivity index (χ2n) is 6.67. The fraction of sp³-hybridized carbons (Fsp3) is 0.450. The predicted molar refractivity (Wildman–Crippen MR) is 99.3 cm³/mol. The number of carbonyl (C=O) groups excluding carboxylic acids is 2. The number of aromatic nitrogens is 1. The first-order valence-corrected chi connectivity index (χ1v) is 9.05. The second-order valence-corrected chi connectivity index (χ2v) is 6.67. The van der Waals surface area contributed by atoms with Crippen molar-refractivity contribution in [2.24, 2.45) is 5.92 Å². The van der Waals surface area contributed by atoms with Crippen LogP contribution < -0.4 is 4.90 Å². The molecule has 2 heterocycles. The molecule has 0 spiro atoms. The summed E-state index contributed by atoms with van der Waals surface area (Å²) >= 11 is 0. The minimum absolute atomic E-state index is 0.225. The number of hydrogen-bond acceptors (Lipinski definition) is 6. The molecule has 1 aliphatic heterocycles. The lowest BCUT2D eigenvalue weighted by Crippen LogP contribution is -2.40. The molecule has 0 unspecified atom stereocenters. The highest BCUT2D eigenvalue weighted by Gasteiger charge is 2.30. The summed E-state index contributed by atoms with van der Waals surface area (Å²) in [7, 11) is 1.37. The molecule has 144 valence electrons. The Morgan fingerprint density at radius 2 is 2.15 bits per heavy atom. The van der Waals surface area contributed by atoms with Crippen molar-refractivity contribution in [3.63, 3.8) is 0 Å². The highest BCUT2D eigenvalue weighted by atomic mass is 19.1. The topological polar surface area (TPSA) is 68.7 Å². The Hall–Kier alpha value is -2.70. The number of fused-ring (bicyclic) bond motifs is 1. The van der Waals surface area contributed by atoms with Crippen LogP contribution in [-0.4, -0.2) is 43.7 Å². The Labute approximate surface area is 157 Å². The van der Waals surface area contributed by atoms with Crippen molar-refractivity contribution < 1.29 is 23.5 Å². The van der Waals surface area contributed by atoms with E-state index in [1.165, 1.54) is 25.4 Å². The van der Waals surface area contributed by atoms with Gasteiger partial charge < -0.3 is 14.4 Å². The van der Waals surface area contributed by atoms with Crippen molar-refractivity contribution in [1.82, 2.24) is 4.98 Å². The number of nitrogens with zero attached hydrogens (tertiary/aromatic N) is 2. The zero-order valence-corrected chi connectivity index (χ0v) is 15.8. The van der Waals surface area contributed by atoms with Crippen LogP contribution in [0.25, 0.3) is 10.9 Å². The van der Waals surface area contributed by atoms with Crippen molar-refractivity contribution in [2.75, 3.05) is 31.7 Å². The standard InChI is InChI=1S/C20H23FN2O4/c1-4-27-20(25)16-10-22-17-12(2)8-14(21)9-15(17)18(16)23-7-5-6-13(11-23)19(24)26-3/h8-10,13H,4-7,11H2,1-3H3/t13-/m0/s1. The summed E-state index contributed by atoms with van der Waals surface area (Å²) in [5.41, 5.74) is 2.15. The fourth-order valence-corrected chi connectivity index (χ4v) is 3.66. The van der Waals surface area contributed by atoms with E-state index in [9.17, 15) is 14.0 Å². The number of aryl methyl sites for hydroxylation is 1. The number of benzene rings is 1. The SMILES string of the molecule is CCOC(=O)c1cnc2c(C)cc(F)cc2c1N1CCC[C@H](C(=O)OC)C1. The van der Waals surface area contributed by atoms with E-state index in [1.54, 1.807) is 13.8 Å². The van der Waals surface area contributed by atoms with Crippen LogP contribution in [0.2, 0.25) is 0 Å². The number of pyridine rings is 1. The summed E-state index contributed by atoms with van der Waals surface area (Å²) in [6.45, 7) is 4.77. The van der Waals surface area contributed by atoms with Crippen molar-refractivity contribution >= 4 is 28.5 Å². The first-order valence-electron chi connectivity index (χ1n) is 9.05. The van der Waals surface area contributed by atoms with Gasteiger partial charge in [0.15, 0.2) is 0 Å². The van der Waals surface area contributed by atoms with E-state index in [4.69, 9.17) is 9.47 Å². The third-order valence-corrected chi connectivity index (χ3v) is 4.87. The molecular formula is C20H23FN2O4. The van der Waals surface area contributed by atoms with Crippen LogP contribution in [0.1, 0.15) is 35.7 Å². The number of rotatable bonds is 4. The fourth-order valence-electron chi connectivity index (χ4n) is 3.66. The van der Waals surface area contributed by atoms with E-state index >= 15 is 0 Å². The Morgan fingerprint density at radius 1 is 1.37 bits per heavy atom. The molecule has 0 N–H and O–H groups in total. The molecule has 1 aromatic carbocycles. The zero-order chi connectivity index (χ0) is 19.6. The maximum Gasteiger partial charge on any atom is 0.341 e. The molecule has 1 aromatic heterocycles. The Balaban J connectivity index is 2.16. The molecule has 0 saturated carbocycles. The van der Waals surface area contributed by atoms with E-state index < -0.39 is 11.8 Å². The number of esters is 2. The first-order chi connectivity index (χ1) is 13.0. The summed E-state index contributed by atoms with van der Waals surface area (Å²) in [6, 6.07) is 2.80. The smallest absolute Gasteiger partial charge is 0.341 e. The van der Waals surface area contributed by atoms with Gasteiger partial charge in [0.1, 0.15) is 11.4 Å². The largest absolute Gasteiger partial charge is 0.469 e. The van der Waals surface area contributed by atoms with Crippen LogP contribution in [0, 0.1) is 18.7 Å². The average Bonchev–Trinajstić information content (AvgIpc) is 2.66. The third-order valence-electron chi connectivity index (χ3n) is 4.87. The molecule has 3 rings (SSSR count). The van der Waals surface area contributed by atoms with Gasteiger partial charge in [-0.05, 0) is 44.4 Å². The van der Waals surface area contributed by atoms with Crippen LogP contribution in [0.15, 0.2) is 18.3 Å². The number of anilines is 1. The minimum Gasteiger partial charge on any atom is -0.469 e. The number of halogens is 1. The van der Waals surface area contributed by atoms with Gasteiger partial charge in [0, 0.05) is 24.7 Å². The van der Waals surface area contributed by atoms with E-state index in [0.29, 0.717) is 41.7 Å². The van der Waals surface area contributed by atoms with Gasteiger partial charge in [-0.2, -0.15) is 0 Å². The predicted octanol–water partition coefficient (Wildman–Crippen LogP) is 3.25. The van der Waals surface area contributed by atoms with Gasteiger partial charge in [0.2, 0.25) is 0 Å². The third kappa shape index (κ3) is 3.72. The quantitative estimate of drug-likeness (QED) is 0.766. The number of piperidine rings is 1. The molecule has 27 heavy (non-hydrogen) atoms. The molecule has 2 aromatic rings. The van der Waals surface area contributed by atoms with Crippen molar-refractivity contribution in [2.45, 2.75) is 26.7 Å². The van der Waals surface area contributed by atoms with Crippen LogP contribution in [-0.2, 0) is 14.3 Å². The molecule has 0 radical (unpaired) electrons. The summed E-state index contributed by atoms with van der Waals surface area (Å²) in [5.74, 6) is -1.48. The molecule has 1 atom stereocenters. The van der Waals surface area contributed by atoms with Crippen LogP contribution in [0.3, 0.4) is 0 Å². The molecule has 7 heteroatoms. The van der Waals surface area contributed by atoms with Crippen molar-refractivity contribution in [1.29, 1.82) is 0 Å². The maximum absolute atomic E-state index is 14.1. The van der Waals surface area contributed by atoms with Gasteiger partial charge in [-0.1, -0.05) is 0 Å². The lowest BCUT2D eigenvalue weighted by Gasteiger charge is -2.34. The molecule has 0 amide bonds. The summed E-state index contributed by atoms with van der Waals surface area (Å²) < 4.78 is 24.2.